The molecule has 1 amide bonds. The van der Waals surface area contributed by atoms with Gasteiger partial charge in [0.2, 0.25) is 5.91 Å². The van der Waals surface area contributed by atoms with Crippen LogP contribution in [0.25, 0.3) is 10.9 Å². The predicted octanol–water partition coefficient (Wildman–Crippen LogP) is 4.50. The Morgan fingerprint density at radius 2 is 1.86 bits per heavy atom. The first-order chi connectivity index (χ1) is 14.0. The first-order valence-corrected chi connectivity index (χ1v) is 10.5. The van der Waals surface area contributed by atoms with E-state index in [0.717, 1.165) is 6.42 Å². The zero-order valence-electron chi connectivity index (χ0n) is 17.0. The van der Waals surface area contributed by atoms with Crippen LogP contribution in [0, 0.1) is 0 Å². The van der Waals surface area contributed by atoms with Crippen molar-refractivity contribution in [3.63, 3.8) is 0 Å². The van der Waals surface area contributed by atoms with Crippen molar-refractivity contribution < 1.29 is 9.53 Å². The number of para-hydroxylation sites is 3. The fraction of sp³-hybridized carbons (Fsp3) is 0.318. The molecule has 1 N–H and O–H groups in total. The van der Waals surface area contributed by atoms with E-state index in [1.54, 1.807) is 36.8 Å². The number of amides is 1. The molecule has 7 heteroatoms. The maximum absolute atomic E-state index is 13.1. The van der Waals surface area contributed by atoms with Gasteiger partial charge in [0.05, 0.1) is 29.0 Å². The number of hydrogen-bond donors (Lipinski definition) is 1. The fourth-order valence-corrected chi connectivity index (χ4v) is 3.98. The molecular formula is C22H25N3O3S. The number of anilines is 1. The van der Waals surface area contributed by atoms with Gasteiger partial charge in [0.15, 0.2) is 5.16 Å². The van der Waals surface area contributed by atoms with E-state index in [9.17, 15) is 9.59 Å². The topological polar surface area (TPSA) is 73.2 Å². The molecule has 0 radical (unpaired) electrons. The summed E-state index contributed by atoms with van der Waals surface area (Å²) in [6.07, 6.45) is 0.787. The Kier molecular flexibility index (Phi) is 6.59. The van der Waals surface area contributed by atoms with Gasteiger partial charge in [0.25, 0.3) is 5.56 Å². The quantitative estimate of drug-likeness (QED) is 0.458. The summed E-state index contributed by atoms with van der Waals surface area (Å²) >= 11 is 1.28. The lowest BCUT2D eigenvalue weighted by Crippen LogP contribution is -2.28. The van der Waals surface area contributed by atoms with Crippen molar-refractivity contribution in [2.24, 2.45) is 0 Å². The lowest BCUT2D eigenvalue weighted by molar-refractivity contribution is -0.115. The molecule has 2 aromatic carbocycles. The van der Waals surface area contributed by atoms with E-state index < -0.39 is 5.25 Å². The lowest BCUT2D eigenvalue weighted by atomic mass is 10.2. The van der Waals surface area contributed by atoms with Gasteiger partial charge in [-0.2, -0.15) is 0 Å². The van der Waals surface area contributed by atoms with Crippen LogP contribution in [0.4, 0.5) is 5.69 Å². The third kappa shape index (κ3) is 4.45. The minimum absolute atomic E-state index is 0.0217. The zero-order valence-corrected chi connectivity index (χ0v) is 17.8. The number of benzene rings is 2. The van der Waals surface area contributed by atoms with Crippen LogP contribution in [0.3, 0.4) is 0 Å². The van der Waals surface area contributed by atoms with Crippen molar-refractivity contribution in [3.05, 3.63) is 58.9 Å². The average Bonchev–Trinajstić information content (AvgIpc) is 2.73. The van der Waals surface area contributed by atoms with Crippen molar-refractivity contribution in [1.29, 1.82) is 0 Å². The van der Waals surface area contributed by atoms with Crippen LogP contribution in [0.5, 0.6) is 5.75 Å². The van der Waals surface area contributed by atoms with Crippen molar-refractivity contribution in [1.82, 2.24) is 9.55 Å². The highest BCUT2D eigenvalue weighted by molar-refractivity contribution is 8.00. The summed E-state index contributed by atoms with van der Waals surface area (Å²) < 4.78 is 6.99. The maximum atomic E-state index is 13.1. The van der Waals surface area contributed by atoms with Crippen LogP contribution >= 0.6 is 11.8 Å². The summed E-state index contributed by atoms with van der Waals surface area (Å²) in [6, 6.07) is 14.5. The van der Waals surface area contributed by atoms with E-state index in [4.69, 9.17) is 4.74 Å². The van der Waals surface area contributed by atoms with Gasteiger partial charge in [-0.25, -0.2) is 4.98 Å². The molecule has 1 aromatic heterocycles. The van der Waals surface area contributed by atoms with Gasteiger partial charge in [0, 0.05) is 6.04 Å². The summed E-state index contributed by atoms with van der Waals surface area (Å²) in [5.41, 5.74) is 1.17. The minimum atomic E-state index is -0.455. The normalized spacial score (nSPS) is 13.1. The number of rotatable bonds is 7. The Morgan fingerprint density at radius 3 is 2.59 bits per heavy atom. The summed E-state index contributed by atoms with van der Waals surface area (Å²) in [4.78, 5) is 30.5. The van der Waals surface area contributed by atoms with Crippen LogP contribution in [0.1, 0.15) is 33.2 Å². The number of fused-ring (bicyclic) bond motifs is 1. The monoisotopic (exact) mass is 411 g/mol. The molecule has 3 aromatic rings. The number of hydrogen-bond acceptors (Lipinski definition) is 5. The highest BCUT2D eigenvalue weighted by atomic mass is 32.2. The molecule has 29 heavy (non-hydrogen) atoms. The van der Waals surface area contributed by atoms with Gasteiger partial charge >= 0.3 is 0 Å². The number of ether oxygens (including phenoxy) is 1. The first-order valence-electron chi connectivity index (χ1n) is 9.58. The van der Waals surface area contributed by atoms with E-state index in [2.05, 4.69) is 10.3 Å². The second kappa shape index (κ2) is 9.13. The van der Waals surface area contributed by atoms with Gasteiger partial charge in [-0.15, -0.1) is 0 Å². The summed E-state index contributed by atoms with van der Waals surface area (Å²) in [5, 5.41) is 3.57. The third-order valence-electron chi connectivity index (χ3n) is 4.82. The Balaban J connectivity index is 1.92. The lowest BCUT2D eigenvalue weighted by Gasteiger charge is -2.20. The smallest absolute Gasteiger partial charge is 0.262 e. The van der Waals surface area contributed by atoms with Gasteiger partial charge < -0.3 is 10.1 Å². The largest absolute Gasteiger partial charge is 0.495 e. The van der Waals surface area contributed by atoms with E-state index in [-0.39, 0.29) is 17.5 Å². The molecule has 0 fully saturated rings. The Hall–Kier alpha value is -2.80. The average molecular weight is 412 g/mol. The Labute approximate surface area is 174 Å². The molecular weight excluding hydrogens is 386 g/mol. The number of carbonyl (C=O) groups excluding carboxylic acids is 1. The second-order valence-corrected chi connectivity index (χ2v) is 8.10. The molecule has 0 unspecified atom stereocenters. The standard InChI is InChI=1S/C22H25N3O3S/c1-5-14(2)25-21(27)16-10-6-7-11-17(16)24-22(25)29-15(3)20(26)23-18-12-8-9-13-19(18)28-4/h6-15H,5H2,1-4H3,(H,23,26)/t14-,15-/m1/s1. The van der Waals surface area contributed by atoms with E-state index >= 15 is 0 Å². The minimum Gasteiger partial charge on any atom is -0.495 e. The third-order valence-corrected chi connectivity index (χ3v) is 5.89. The Bertz CT molecular complexity index is 1080. The fourth-order valence-electron chi connectivity index (χ4n) is 2.97. The molecule has 0 saturated heterocycles. The molecule has 1 heterocycles. The number of carbonyl (C=O) groups is 1. The molecule has 0 bridgehead atoms. The molecule has 0 aliphatic rings. The highest BCUT2D eigenvalue weighted by Crippen LogP contribution is 2.28. The maximum Gasteiger partial charge on any atom is 0.262 e. The van der Waals surface area contributed by atoms with Crippen LogP contribution in [0.15, 0.2) is 58.5 Å². The molecule has 0 aliphatic heterocycles. The Morgan fingerprint density at radius 1 is 1.17 bits per heavy atom. The SMILES string of the molecule is CC[C@@H](C)n1c(S[C@H](C)C(=O)Nc2ccccc2OC)nc2ccccc2c1=O. The van der Waals surface area contributed by atoms with Gasteiger partial charge in [-0.05, 0) is 44.5 Å². The number of nitrogens with one attached hydrogen (secondary N) is 1. The molecule has 3 rings (SSSR count). The predicted molar refractivity (Wildman–Crippen MR) is 118 cm³/mol. The first kappa shape index (κ1) is 20.9. The van der Waals surface area contributed by atoms with Crippen molar-refractivity contribution in [3.8, 4) is 5.75 Å². The summed E-state index contributed by atoms with van der Waals surface area (Å²) in [7, 11) is 1.56. The molecule has 0 spiro atoms. The van der Waals surface area contributed by atoms with Crippen LogP contribution in [-0.4, -0.2) is 27.8 Å². The molecule has 2 atom stereocenters. The summed E-state index contributed by atoms with van der Waals surface area (Å²) in [6.45, 7) is 5.82. The summed E-state index contributed by atoms with van der Waals surface area (Å²) in [5.74, 6) is 0.413. The zero-order chi connectivity index (χ0) is 21.0. The number of methoxy groups -OCH3 is 1. The van der Waals surface area contributed by atoms with Gasteiger partial charge in [-0.1, -0.05) is 43.0 Å². The van der Waals surface area contributed by atoms with Crippen LogP contribution in [0.2, 0.25) is 0 Å². The van der Waals surface area contributed by atoms with Crippen molar-refractivity contribution in [2.75, 3.05) is 12.4 Å². The van der Waals surface area contributed by atoms with Crippen molar-refractivity contribution >= 4 is 34.3 Å². The van der Waals surface area contributed by atoms with E-state index in [1.165, 1.54) is 11.8 Å². The van der Waals surface area contributed by atoms with E-state index in [1.807, 2.05) is 44.2 Å². The van der Waals surface area contributed by atoms with E-state index in [0.29, 0.717) is 27.5 Å². The van der Waals surface area contributed by atoms with Gasteiger partial charge in [0.1, 0.15) is 5.75 Å². The van der Waals surface area contributed by atoms with Crippen LogP contribution in [-0.2, 0) is 4.79 Å². The van der Waals surface area contributed by atoms with Gasteiger partial charge in [-0.3, -0.25) is 14.2 Å². The number of aromatic nitrogens is 2. The number of thioether (sulfide) groups is 1. The molecule has 6 nitrogen and oxygen atoms in total. The molecule has 152 valence electrons. The van der Waals surface area contributed by atoms with Crippen molar-refractivity contribution in [2.45, 2.75) is 43.6 Å². The molecule has 0 aliphatic carbocycles. The highest BCUT2D eigenvalue weighted by Gasteiger charge is 2.22. The number of nitrogens with zero attached hydrogens (tertiary/aromatic N) is 2. The second-order valence-electron chi connectivity index (χ2n) is 6.79. The molecule has 0 saturated carbocycles. The van der Waals surface area contributed by atoms with Crippen LogP contribution < -0.4 is 15.6 Å².